The predicted octanol–water partition coefficient (Wildman–Crippen LogP) is 4.84. The van der Waals surface area contributed by atoms with Crippen LogP contribution in [0.3, 0.4) is 0 Å². The maximum atomic E-state index is 12.9. The summed E-state index contributed by atoms with van der Waals surface area (Å²) < 4.78 is 5.52. The Morgan fingerprint density at radius 2 is 1.80 bits per heavy atom. The molecule has 5 aromatic rings. The first-order valence-electron chi connectivity index (χ1n) is 9.43. The molecule has 2 aromatic heterocycles. The van der Waals surface area contributed by atoms with Gasteiger partial charge >= 0.3 is 0 Å². The molecule has 0 aliphatic heterocycles. The third kappa shape index (κ3) is 3.33. The van der Waals surface area contributed by atoms with E-state index < -0.39 is 0 Å². The van der Waals surface area contributed by atoms with Crippen LogP contribution in [0.5, 0.6) is 0 Å². The molecular weight excluding hydrogens is 378 g/mol. The van der Waals surface area contributed by atoms with Gasteiger partial charge in [-0.1, -0.05) is 47.6 Å². The first kappa shape index (κ1) is 17.8. The molecule has 2 N–H and O–H groups in total. The van der Waals surface area contributed by atoms with Gasteiger partial charge in [-0.2, -0.15) is 5.10 Å². The summed E-state index contributed by atoms with van der Waals surface area (Å²) in [4.78, 5) is 17.2. The van der Waals surface area contributed by atoms with Crippen molar-refractivity contribution in [3.05, 3.63) is 84.2 Å². The van der Waals surface area contributed by atoms with Crippen LogP contribution in [0.2, 0.25) is 0 Å². The molecular formula is C23H17N5O2. The van der Waals surface area contributed by atoms with Gasteiger partial charge in [0.2, 0.25) is 0 Å². The average Bonchev–Trinajstić information content (AvgIpc) is 3.40. The van der Waals surface area contributed by atoms with E-state index in [0.29, 0.717) is 28.4 Å². The van der Waals surface area contributed by atoms with Gasteiger partial charge < -0.3 is 9.84 Å². The van der Waals surface area contributed by atoms with Crippen molar-refractivity contribution in [2.45, 2.75) is 6.92 Å². The Balaban J connectivity index is 1.44. The summed E-state index contributed by atoms with van der Waals surface area (Å²) >= 11 is 0. The van der Waals surface area contributed by atoms with E-state index in [4.69, 9.17) is 4.52 Å². The highest BCUT2D eigenvalue weighted by atomic mass is 16.5. The van der Waals surface area contributed by atoms with Gasteiger partial charge in [0.1, 0.15) is 11.3 Å². The lowest BCUT2D eigenvalue weighted by Crippen LogP contribution is -2.11. The minimum Gasteiger partial charge on any atom is -0.355 e. The van der Waals surface area contributed by atoms with Crippen LogP contribution in [0.4, 0.5) is 5.69 Å². The highest BCUT2D eigenvalue weighted by molar-refractivity contribution is 6.07. The molecule has 2 heterocycles. The van der Waals surface area contributed by atoms with Crippen molar-refractivity contribution >= 4 is 22.5 Å². The van der Waals surface area contributed by atoms with Gasteiger partial charge in [0.05, 0.1) is 5.39 Å². The normalized spacial score (nSPS) is 11.0. The summed E-state index contributed by atoms with van der Waals surface area (Å²) in [6.07, 6.45) is 0. The molecule has 7 heteroatoms. The van der Waals surface area contributed by atoms with Gasteiger partial charge in [0.25, 0.3) is 5.91 Å². The Hall–Kier alpha value is -4.26. The van der Waals surface area contributed by atoms with Crippen LogP contribution < -0.4 is 5.32 Å². The van der Waals surface area contributed by atoms with Crippen molar-refractivity contribution in [3.63, 3.8) is 0 Å². The summed E-state index contributed by atoms with van der Waals surface area (Å²) in [7, 11) is 0. The van der Waals surface area contributed by atoms with Crippen LogP contribution in [0.1, 0.15) is 16.2 Å². The second-order valence-electron chi connectivity index (χ2n) is 6.89. The highest BCUT2D eigenvalue weighted by Crippen LogP contribution is 2.29. The SMILES string of the molecule is Cc1nc(-c2cccc(NC(=O)c3ccc4noc(-c5ccccc5)c4c3)c2)n[nH]1. The monoisotopic (exact) mass is 395 g/mol. The Morgan fingerprint density at radius 3 is 2.60 bits per heavy atom. The number of anilines is 1. The maximum absolute atomic E-state index is 12.9. The molecule has 1 amide bonds. The quantitative estimate of drug-likeness (QED) is 0.454. The van der Waals surface area contributed by atoms with Crippen molar-refractivity contribution < 1.29 is 9.32 Å². The standard InChI is InChI=1S/C23H17N5O2/c1-14-24-22(27-26-14)16-8-5-9-18(12-16)25-23(29)17-10-11-20-19(13-17)21(30-28-20)15-6-3-2-4-7-15/h2-13H,1H3,(H,25,29)(H,24,26,27). The van der Waals surface area contributed by atoms with E-state index in [1.54, 1.807) is 18.2 Å². The van der Waals surface area contributed by atoms with Gasteiger partial charge in [0.15, 0.2) is 11.6 Å². The molecule has 0 aliphatic carbocycles. The zero-order valence-electron chi connectivity index (χ0n) is 16.1. The number of aryl methyl sites for hydroxylation is 1. The number of H-pyrrole nitrogens is 1. The molecule has 0 atom stereocenters. The van der Waals surface area contributed by atoms with Crippen LogP contribution in [-0.4, -0.2) is 26.2 Å². The first-order chi connectivity index (χ1) is 14.7. The summed E-state index contributed by atoms with van der Waals surface area (Å²) in [6.45, 7) is 1.84. The highest BCUT2D eigenvalue weighted by Gasteiger charge is 2.14. The second-order valence-corrected chi connectivity index (χ2v) is 6.89. The number of hydrogen-bond acceptors (Lipinski definition) is 5. The number of benzene rings is 3. The number of fused-ring (bicyclic) bond motifs is 1. The van der Waals surface area contributed by atoms with Crippen molar-refractivity contribution in [2.24, 2.45) is 0 Å². The molecule has 0 saturated carbocycles. The lowest BCUT2D eigenvalue weighted by atomic mass is 10.1. The van der Waals surface area contributed by atoms with Gasteiger partial charge in [-0.15, -0.1) is 0 Å². The molecule has 0 radical (unpaired) electrons. The van der Waals surface area contributed by atoms with E-state index in [2.05, 4.69) is 25.7 Å². The van der Waals surface area contributed by atoms with E-state index in [0.717, 1.165) is 22.3 Å². The van der Waals surface area contributed by atoms with Crippen molar-refractivity contribution in [2.75, 3.05) is 5.32 Å². The van der Waals surface area contributed by atoms with Crippen LogP contribution >= 0.6 is 0 Å². The molecule has 0 unspecified atom stereocenters. The Bertz CT molecular complexity index is 1350. The summed E-state index contributed by atoms with van der Waals surface area (Å²) in [6, 6.07) is 22.4. The van der Waals surface area contributed by atoms with E-state index >= 15 is 0 Å². The van der Waals surface area contributed by atoms with Crippen molar-refractivity contribution in [3.8, 4) is 22.7 Å². The molecule has 30 heavy (non-hydrogen) atoms. The molecule has 0 bridgehead atoms. The van der Waals surface area contributed by atoms with Crippen LogP contribution in [-0.2, 0) is 0 Å². The predicted molar refractivity (Wildman–Crippen MR) is 114 cm³/mol. The number of hydrogen-bond donors (Lipinski definition) is 2. The summed E-state index contributed by atoms with van der Waals surface area (Å²) in [5, 5.41) is 14.8. The van der Waals surface area contributed by atoms with Crippen LogP contribution in [0, 0.1) is 6.92 Å². The molecule has 0 fully saturated rings. The smallest absolute Gasteiger partial charge is 0.255 e. The Kier molecular flexibility index (Phi) is 4.33. The van der Waals surface area contributed by atoms with E-state index in [1.807, 2.05) is 61.5 Å². The molecule has 3 aromatic carbocycles. The fourth-order valence-electron chi connectivity index (χ4n) is 3.29. The minimum atomic E-state index is -0.222. The van der Waals surface area contributed by atoms with Crippen LogP contribution in [0.15, 0.2) is 77.3 Å². The molecule has 146 valence electrons. The lowest BCUT2D eigenvalue weighted by Gasteiger charge is -2.07. The molecule has 0 spiro atoms. The maximum Gasteiger partial charge on any atom is 0.255 e. The van der Waals surface area contributed by atoms with E-state index in [9.17, 15) is 4.79 Å². The molecule has 0 saturated heterocycles. The lowest BCUT2D eigenvalue weighted by molar-refractivity contribution is 0.102. The number of carbonyl (C=O) groups is 1. The van der Waals surface area contributed by atoms with E-state index in [-0.39, 0.29) is 5.91 Å². The number of nitrogens with zero attached hydrogens (tertiary/aromatic N) is 3. The number of aromatic nitrogens is 4. The molecule has 7 nitrogen and oxygen atoms in total. The largest absolute Gasteiger partial charge is 0.355 e. The zero-order valence-corrected chi connectivity index (χ0v) is 16.1. The van der Waals surface area contributed by atoms with Crippen LogP contribution in [0.25, 0.3) is 33.6 Å². The first-order valence-corrected chi connectivity index (χ1v) is 9.43. The van der Waals surface area contributed by atoms with Crippen molar-refractivity contribution in [1.82, 2.24) is 20.3 Å². The Labute approximate surface area is 171 Å². The zero-order chi connectivity index (χ0) is 20.5. The summed E-state index contributed by atoms with van der Waals surface area (Å²) in [5.74, 6) is 1.74. The minimum absolute atomic E-state index is 0.222. The van der Waals surface area contributed by atoms with Gasteiger partial charge in [0, 0.05) is 22.4 Å². The third-order valence-corrected chi connectivity index (χ3v) is 4.75. The number of nitrogens with one attached hydrogen (secondary N) is 2. The van der Waals surface area contributed by atoms with Gasteiger partial charge in [-0.25, -0.2) is 4.98 Å². The fourth-order valence-corrected chi connectivity index (χ4v) is 3.29. The average molecular weight is 395 g/mol. The van der Waals surface area contributed by atoms with Gasteiger partial charge in [-0.3, -0.25) is 9.89 Å². The number of aromatic amines is 1. The second kappa shape index (κ2) is 7.29. The molecule has 0 aliphatic rings. The molecule has 5 rings (SSSR count). The Morgan fingerprint density at radius 1 is 0.967 bits per heavy atom. The number of rotatable bonds is 4. The van der Waals surface area contributed by atoms with E-state index in [1.165, 1.54) is 0 Å². The third-order valence-electron chi connectivity index (χ3n) is 4.75. The number of carbonyl (C=O) groups excluding carboxylic acids is 1. The topological polar surface area (TPSA) is 96.7 Å². The number of amides is 1. The summed E-state index contributed by atoms with van der Waals surface area (Å²) in [5.41, 5.74) is 3.60. The van der Waals surface area contributed by atoms with Gasteiger partial charge in [-0.05, 0) is 37.3 Å². The fraction of sp³-hybridized carbons (Fsp3) is 0.0435. The van der Waals surface area contributed by atoms with Crippen molar-refractivity contribution in [1.29, 1.82) is 0 Å².